The molecule has 30 heavy (non-hydrogen) atoms. The molecule has 0 radical (unpaired) electrons. The Morgan fingerprint density at radius 1 is 1.17 bits per heavy atom. The summed E-state index contributed by atoms with van der Waals surface area (Å²) in [4.78, 5) is 26.2. The number of sulfonamides is 1. The molecule has 1 N–H and O–H groups in total. The molecule has 0 aromatic heterocycles. The fourth-order valence-electron chi connectivity index (χ4n) is 4.46. The van der Waals surface area contributed by atoms with E-state index in [1.165, 1.54) is 42.1 Å². The van der Waals surface area contributed by atoms with E-state index in [0.717, 1.165) is 6.42 Å². The highest BCUT2D eigenvalue weighted by molar-refractivity contribution is 7.89. The van der Waals surface area contributed by atoms with Crippen LogP contribution in [-0.4, -0.2) is 61.7 Å². The average molecular weight is 436 g/mol. The summed E-state index contributed by atoms with van der Waals surface area (Å²) in [5, 5.41) is 2.68. The molecule has 1 aliphatic carbocycles. The van der Waals surface area contributed by atoms with Crippen molar-refractivity contribution in [1.82, 2.24) is 9.21 Å². The Labute approximate surface area is 177 Å². The third kappa shape index (κ3) is 4.32. The number of hydrogen-bond acceptors (Lipinski definition) is 5. The number of anilines is 1. The van der Waals surface area contributed by atoms with Gasteiger partial charge < -0.3 is 15.0 Å². The quantitative estimate of drug-likeness (QED) is 0.765. The van der Waals surface area contributed by atoms with Gasteiger partial charge in [0.15, 0.2) is 6.10 Å². The number of rotatable bonds is 5. The lowest BCUT2D eigenvalue weighted by atomic mass is 10.0. The van der Waals surface area contributed by atoms with E-state index in [0.29, 0.717) is 36.9 Å². The van der Waals surface area contributed by atoms with Crippen molar-refractivity contribution < 1.29 is 22.7 Å². The van der Waals surface area contributed by atoms with Crippen molar-refractivity contribution in [3.63, 3.8) is 0 Å². The van der Waals surface area contributed by atoms with Crippen LogP contribution in [0.1, 0.15) is 45.4 Å². The van der Waals surface area contributed by atoms with Gasteiger partial charge in [0.05, 0.1) is 10.6 Å². The number of hydrogen-bond donors (Lipinski definition) is 1. The van der Waals surface area contributed by atoms with Gasteiger partial charge in [0.1, 0.15) is 5.75 Å². The standard InChI is InChI=1S/C21H29N3O5S/c1-15-21(26)22-18-14-17(7-8-19(18)29-15)30(27,28)24-12-10-23(11-13-24)20(25)9-6-16-4-2-3-5-16/h7-8,14-16H,2-6,9-13H2,1H3,(H,22,26). The van der Waals surface area contributed by atoms with E-state index in [-0.39, 0.29) is 29.8 Å². The molecule has 1 saturated carbocycles. The predicted octanol–water partition coefficient (Wildman–Crippen LogP) is 2.21. The van der Waals surface area contributed by atoms with Crippen LogP contribution in [0.2, 0.25) is 0 Å². The molecule has 1 saturated heterocycles. The Balaban J connectivity index is 1.36. The molecule has 1 aromatic rings. The minimum Gasteiger partial charge on any atom is -0.479 e. The number of fused-ring (bicyclic) bond motifs is 1. The minimum atomic E-state index is -3.71. The van der Waals surface area contributed by atoms with Crippen molar-refractivity contribution in [3.05, 3.63) is 18.2 Å². The zero-order valence-corrected chi connectivity index (χ0v) is 18.1. The number of piperazine rings is 1. The highest BCUT2D eigenvalue weighted by Crippen LogP contribution is 2.33. The van der Waals surface area contributed by atoms with E-state index in [1.807, 2.05) is 0 Å². The number of carbonyl (C=O) groups is 2. The van der Waals surface area contributed by atoms with Crippen LogP contribution in [0, 0.1) is 5.92 Å². The maximum Gasteiger partial charge on any atom is 0.265 e. The summed E-state index contributed by atoms with van der Waals surface area (Å²) in [7, 11) is -3.71. The number of nitrogens with zero attached hydrogens (tertiary/aromatic N) is 2. The van der Waals surface area contributed by atoms with Crippen LogP contribution in [0.25, 0.3) is 0 Å². The molecule has 3 aliphatic rings. The van der Waals surface area contributed by atoms with Crippen LogP contribution in [0.4, 0.5) is 5.69 Å². The molecule has 8 nitrogen and oxygen atoms in total. The van der Waals surface area contributed by atoms with Crippen molar-refractivity contribution in [1.29, 1.82) is 0 Å². The molecule has 2 amide bonds. The first-order chi connectivity index (χ1) is 14.3. The number of nitrogens with one attached hydrogen (secondary N) is 1. The third-order valence-corrected chi connectivity index (χ3v) is 8.25. The first-order valence-electron chi connectivity index (χ1n) is 10.7. The Morgan fingerprint density at radius 3 is 2.57 bits per heavy atom. The summed E-state index contributed by atoms with van der Waals surface area (Å²) in [6.45, 7) is 3.00. The predicted molar refractivity (Wildman–Crippen MR) is 112 cm³/mol. The van der Waals surface area contributed by atoms with E-state index in [4.69, 9.17) is 4.74 Å². The molecule has 1 atom stereocenters. The molecule has 2 fully saturated rings. The highest BCUT2D eigenvalue weighted by Gasteiger charge is 2.32. The van der Waals surface area contributed by atoms with Crippen molar-refractivity contribution in [2.24, 2.45) is 5.92 Å². The van der Waals surface area contributed by atoms with E-state index in [2.05, 4.69) is 5.32 Å². The molecule has 2 heterocycles. The van der Waals surface area contributed by atoms with Crippen LogP contribution in [-0.2, 0) is 19.6 Å². The Hall–Kier alpha value is -2.13. The lowest BCUT2D eigenvalue weighted by Gasteiger charge is -2.34. The van der Waals surface area contributed by atoms with Gasteiger partial charge in [-0.3, -0.25) is 9.59 Å². The van der Waals surface area contributed by atoms with Crippen LogP contribution in [0.15, 0.2) is 23.1 Å². The summed E-state index contributed by atoms with van der Waals surface area (Å²) < 4.78 is 33.0. The van der Waals surface area contributed by atoms with Gasteiger partial charge >= 0.3 is 0 Å². The van der Waals surface area contributed by atoms with Gasteiger partial charge in [-0.25, -0.2) is 8.42 Å². The van der Waals surface area contributed by atoms with Crippen LogP contribution < -0.4 is 10.1 Å². The SMILES string of the molecule is CC1Oc2ccc(S(=O)(=O)N3CCN(C(=O)CCC4CCCC4)CC3)cc2NC1=O. The van der Waals surface area contributed by atoms with E-state index < -0.39 is 16.1 Å². The molecule has 1 aromatic carbocycles. The Bertz CT molecular complexity index is 919. The van der Waals surface area contributed by atoms with Crippen molar-refractivity contribution in [3.8, 4) is 5.75 Å². The number of carbonyl (C=O) groups excluding carboxylic acids is 2. The molecule has 2 aliphatic heterocycles. The second-order valence-corrected chi connectivity index (χ2v) is 10.3. The normalized spacial score (nSPS) is 23.0. The molecule has 1 unspecified atom stereocenters. The maximum absolute atomic E-state index is 13.1. The third-order valence-electron chi connectivity index (χ3n) is 6.35. The lowest BCUT2D eigenvalue weighted by Crippen LogP contribution is -2.50. The topological polar surface area (TPSA) is 96.0 Å². The molecule has 0 spiro atoms. The van der Waals surface area contributed by atoms with Crippen molar-refractivity contribution >= 4 is 27.5 Å². The van der Waals surface area contributed by atoms with Gasteiger partial charge in [0.25, 0.3) is 5.91 Å². The van der Waals surface area contributed by atoms with E-state index >= 15 is 0 Å². The summed E-state index contributed by atoms with van der Waals surface area (Å²) in [5.74, 6) is 0.953. The Kier molecular flexibility index (Phi) is 6.02. The molecular formula is C21H29N3O5S. The Morgan fingerprint density at radius 2 is 1.87 bits per heavy atom. The van der Waals surface area contributed by atoms with Gasteiger partial charge in [-0.1, -0.05) is 25.7 Å². The van der Waals surface area contributed by atoms with Gasteiger partial charge in [0.2, 0.25) is 15.9 Å². The molecule has 164 valence electrons. The summed E-state index contributed by atoms with van der Waals surface area (Å²) in [5.41, 5.74) is 0.361. The largest absolute Gasteiger partial charge is 0.479 e. The highest BCUT2D eigenvalue weighted by atomic mass is 32.2. The smallest absolute Gasteiger partial charge is 0.265 e. The molecule has 0 bridgehead atoms. The first kappa shape index (κ1) is 21.1. The average Bonchev–Trinajstić information content (AvgIpc) is 3.26. The van der Waals surface area contributed by atoms with Crippen molar-refractivity contribution in [2.75, 3.05) is 31.5 Å². The second-order valence-electron chi connectivity index (χ2n) is 8.38. The maximum atomic E-state index is 13.1. The van der Waals surface area contributed by atoms with Crippen LogP contribution >= 0.6 is 0 Å². The fourth-order valence-corrected chi connectivity index (χ4v) is 5.91. The summed E-state index contributed by atoms with van der Waals surface area (Å²) in [6.07, 6.45) is 5.88. The van der Waals surface area contributed by atoms with Gasteiger partial charge in [-0.15, -0.1) is 0 Å². The monoisotopic (exact) mass is 435 g/mol. The van der Waals surface area contributed by atoms with Crippen LogP contribution in [0.5, 0.6) is 5.75 Å². The van der Waals surface area contributed by atoms with Crippen LogP contribution in [0.3, 0.4) is 0 Å². The van der Waals surface area contributed by atoms with Gasteiger partial charge in [-0.05, 0) is 37.5 Å². The zero-order valence-electron chi connectivity index (χ0n) is 17.3. The summed E-state index contributed by atoms with van der Waals surface area (Å²) in [6, 6.07) is 4.51. The summed E-state index contributed by atoms with van der Waals surface area (Å²) >= 11 is 0. The lowest BCUT2D eigenvalue weighted by molar-refractivity contribution is -0.132. The van der Waals surface area contributed by atoms with Crippen molar-refractivity contribution in [2.45, 2.75) is 56.4 Å². The zero-order chi connectivity index (χ0) is 21.3. The molecule has 4 rings (SSSR count). The van der Waals surface area contributed by atoms with Gasteiger partial charge in [0, 0.05) is 32.6 Å². The van der Waals surface area contributed by atoms with E-state index in [1.54, 1.807) is 17.9 Å². The molecule has 9 heteroatoms. The number of amides is 2. The first-order valence-corrected chi connectivity index (χ1v) is 12.2. The number of ether oxygens (including phenoxy) is 1. The van der Waals surface area contributed by atoms with Gasteiger partial charge in [-0.2, -0.15) is 4.31 Å². The molecular weight excluding hydrogens is 406 g/mol. The second kappa shape index (κ2) is 8.55. The minimum absolute atomic E-state index is 0.112. The number of benzene rings is 1. The fraction of sp³-hybridized carbons (Fsp3) is 0.619. The van der Waals surface area contributed by atoms with E-state index in [9.17, 15) is 18.0 Å².